The zero-order valence-corrected chi connectivity index (χ0v) is 15.3. The van der Waals surface area contributed by atoms with Crippen LogP contribution in [0.1, 0.15) is 36.0 Å². The van der Waals surface area contributed by atoms with E-state index in [1.165, 1.54) is 36.5 Å². The summed E-state index contributed by atoms with van der Waals surface area (Å²) < 4.78 is 2.12. The molecule has 2 aromatic heterocycles. The highest BCUT2D eigenvalue weighted by Crippen LogP contribution is 2.17. The fourth-order valence-corrected chi connectivity index (χ4v) is 4.20. The van der Waals surface area contributed by atoms with Gasteiger partial charge in [-0.3, -0.25) is 9.58 Å². The van der Waals surface area contributed by atoms with Gasteiger partial charge in [0.05, 0.1) is 12.2 Å². The fourth-order valence-electron chi connectivity index (χ4n) is 3.45. The van der Waals surface area contributed by atoms with Crippen LogP contribution in [0.2, 0.25) is 0 Å². The molecule has 4 nitrogen and oxygen atoms in total. The Balaban J connectivity index is 1.42. The molecule has 0 bridgehead atoms. The molecule has 0 aliphatic carbocycles. The van der Waals surface area contributed by atoms with E-state index in [2.05, 4.69) is 64.3 Å². The highest BCUT2D eigenvalue weighted by molar-refractivity contribution is 7.09. The van der Waals surface area contributed by atoms with Gasteiger partial charge in [-0.1, -0.05) is 6.07 Å². The summed E-state index contributed by atoms with van der Waals surface area (Å²) in [7, 11) is 0. The van der Waals surface area contributed by atoms with Crippen molar-refractivity contribution in [1.82, 2.24) is 20.0 Å². The third kappa shape index (κ3) is 4.66. The van der Waals surface area contributed by atoms with E-state index in [0.717, 1.165) is 18.8 Å². The molecule has 3 rings (SSSR count). The molecule has 0 aromatic carbocycles. The second kappa shape index (κ2) is 7.60. The first kappa shape index (κ1) is 16.7. The molecule has 3 heterocycles. The summed E-state index contributed by atoms with van der Waals surface area (Å²) in [6.07, 6.45) is 2.49. The molecule has 1 fully saturated rings. The summed E-state index contributed by atoms with van der Waals surface area (Å²) >= 11 is 1.87. The van der Waals surface area contributed by atoms with Gasteiger partial charge in [-0.15, -0.1) is 11.3 Å². The minimum Gasteiger partial charge on any atom is -0.310 e. The summed E-state index contributed by atoms with van der Waals surface area (Å²) in [6, 6.07) is 7.64. The van der Waals surface area contributed by atoms with Crippen LogP contribution in [-0.2, 0) is 13.1 Å². The van der Waals surface area contributed by atoms with Crippen molar-refractivity contribution < 1.29 is 0 Å². The highest BCUT2D eigenvalue weighted by Gasteiger charge is 2.21. The molecule has 0 spiro atoms. The quantitative estimate of drug-likeness (QED) is 0.882. The van der Waals surface area contributed by atoms with E-state index >= 15 is 0 Å². The van der Waals surface area contributed by atoms with Crippen molar-refractivity contribution in [1.29, 1.82) is 0 Å². The van der Waals surface area contributed by atoms with Crippen LogP contribution in [0.3, 0.4) is 0 Å². The number of nitrogens with one attached hydrogen (secondary N) is 1. The molecular formula is C18H28N4S. The van der Waals surface area contributed by atoms with Crippen molar-refractivity contribution in [3.63, 3.8) is 0 Å². The van der Waals surface area contributed by atoms with Crippen LogP contribution in [0.5, 0.6) is 0 Å². The molecular weight excluding hydrogens is 304 g/mol. The molecule has 5 heteroatoms. The minimum atomic E-state index is 0.460. The summed E-state index contributed by atoms with van der Waals surface area (Å²) in [4.78, 5) is 4.06. The van der Waals surface area contributed by atoms with Crippen LogP contribution in [0.15, 0.2) is 23.6 Å². The average molecular weight is 333 g/mol. The van der Waals surface area contributed by atoms with Crippen LogP contribution in [0.4, 0.5) is 0 Å². The largest absolute Gasteiger partial charge is 0.310 e. The lowest BCUT2D eigenvalue weighted by molar-refractivity contribution is 0.184. The zero-order chi connectivity index (χ0) is 16.2. The van der Waals surface area contributed by atoms with Gasteiger partial charge < -0.3 is 5.32 Å². The van der Waals surface area contributed by atoms with Gasteiger partial charge in [-0.2, -0.15) is 5.10 Å². The maximum absolute atomic E-state index is 4.57. The number of thiophene rings is 1. The molecule has 1 aliphatic heterocycles. The Morgan fingerprint density at radius 2 is 2.13 bits per heavy atom. The van der Waals surface area contributed by atoms with Crippen LogP contribution in [0, 0.1) is 13.8 Å². The maximum atomic E-state index is 4.57. The van der Waals surface area contributed by atoms with Gasteiger partial charge >= 0.3 is 0 Å². The predicted molar refractivity (Wildman–Crippen MR) is 96.9 cm³/mol. The Morgan fingerprint density at radius 1 is 1.35 bits per heavy atom. The Hall–Kier alpha value is -1.17. The van der Waals surface area contributed by atoms with E-state index in [-0.39, 0.29) is 0 Å². The van der Waals surface area contributed by atoms with Crippen molar-refractivity contribution in [2.45, 2.75) is 58.8 Å². The molecule has 0 saturated carbocycles. The molecule has 0 amide bonds. The van der Waals surface area contributed by atoms with Crippen molar-refractivity contribution in [2.75, 3.05) is 13.1 Å². The lowest BCUT2D eigenvalue weighted by Crippen LogP contribution is -2.46. The van der Waals surface area contributed by atoms with Crippen molar-refractivity contribution in [2.24, 2.45) is 0 Å². The number of aromatic nitrogens is 2. The van der Waals surface area contributed by atoms with Crippen molar-refractivity contribution in [3.8, 4) is 0 Å². The van der Waals surface area contributed by atoms with Crippen LogP contribution in [-0.4, -0.2) is 39.9 Å². The first-order chi connectivity index (χ1) is 11.1. The monoisotopic (exact) mass is 332 g/mol. The van der Waals surface area contributed by atoms with Crippen molar-refractivity contribution in [3.05, 3.63) is 39.8 Å². The summed E-state index contributed by atoms with van der Waals surface area (Å²) in [6.45, 7) is 10.9. The summed E-state index contributed by atoms with van der Waals surface area (Å²) in [5.74, 6) is 0. The van der Waals surface area contributed by atoms with E-state index in [4.69, 9.17) is 0 Å². The van der Waals surface area contributed by atoms with Gasteiger partial charge in [-0.05, 0) is 64.2 Å². The number of hydrogen-bond donors (Lipinski definition) is 1. The molecule has 23 heavy (non-hydrogen) atoms. The molecule has 1 saturated heterocycles. The molecule has 1 unspecified atom stereocenters. The van der Waals surface area contributed by atoms with Gasteiger partial charge in [0.2, 0.25) is 0 Å². The van der Waals surface area contributed by atoms with Gasteiger partial charge in [0.1, 0.15) is 0 Å². The number of hydrogen-bond acceptors (Lipinski definition) is 4. The maximum Gasteiger partial charge on any atom is 0.0596 e. The van der Waals surface area contributed by atoms with E-state index in [0.29, 0.717) is 12.1 Å². The van der Waals surface area contributed by atoms with E-state index in [1.807, 2.05) is 11.3 Å². The smallest absolute Gasteiger partial charge is 0.0596 e. The number of rotatable bonds is 6. The van der Waals surface area contributed by atoms with Gasteiger partial charge in [-0.25, -0.2) is 0 Å². The van der Waals surface area contributed by atoms with Crippen LogP contribution >= 0.6 is 11.3 Å². The lowest BCUT2D eigenvalue weighted by Gasteiger charge is -2.33. The van der Waals surface area contributed by atoms with Crippen LogP contribution < -0.4 is 5.32 Å². The molecule has 0 radical (unpaired) electrons. The van der Waals surface area contributed by atoms with Gasteiger partial charge in [0.25, 0.3) is 0 Å². The number of likely N-dealkylation sites (tertiary alicyclic amines) is 1. The lowest BCUT2D eigenvalue weighted by atomic mass is 10.0. The number of aryl methyl sites for hydroxylation is 2. The van der Waals surface area contributed by atoms with Crippen molar-refractivity contribution >= 4 is 11.3 Å². The summed E-state index contributed by atoms with van der Waals surface area (Å²) in [5, 5.41) is 10.5. The Bertz CT molecular complexity index is 597. The van der Waals surface area contributed by atoms with Crippen LogP contribution in [0.25, 0.3) is 0 Å². The SMILES string of the molecule is Cc1cc(C)n(CC(C)NC2CCN(Cc3cccs3)CC2)n1. The highest BCUT2D eigenvalue weighted by atomic mass is 32.1. The standard InChI is InChI=1S/C18H28N4S/c1-14-11-16(3)22(20-14)12-15(2)19-17-6-8-21(9-7-17)13-18-5-4-10-23-18/h4-5,10-11,15,17,19H,6-9,12-13H2,1-3H3. The normalized spacial score (nSPS) is 18.4. The van der Waals surface area contributed by atoms with Gasteiger partial charge in [0, 0.05) is 29.2 Å². The Labute approximate surface area is 143 Å². The number of nitrogens with zero attached hydrogens (tertiary/aromatic N) is 3. The molecule has 1 N–H and O–H groups in total. The Kier molecular flexibility index (Phi) is 5.51. The number of piperidine rings is 1. The molecule has 2 aromatic rings. The van der Waals surface area contributed by atoms with E-state index in [9.17, 15) is 0 Å². The minimum absolute atomic E-state index is 0.460. The zero-order valence-electron chi connectivity index (χ0n) is 14.5. The van der Waals surface area contributed by atoms with E-state index < -0.39 is 0 Å². The Morgan fingerprint density at radius 3 is 2.74 bits per heavy atom. The van der Waals surface area contributed by atoms with Gasteiger partial charge in [0.15, 0.2) is 0 Å². The third-order valence-electron chi connectivity index (χ3n) is 4.62. The first-order valence-corrected chi connectivity index (χ1v) is 9.50. The average Bonchev–Trinajstić information content (AvgIpc) is 3.11. The molecule has 1 aliphatic rings. The second-order valence-electron chi connectivity index (χ2n) is 6.81. The molecule has 1 atom stereocenters. The summed E-state index contributed by atoms with van der Waals surface area (Å²) in [5.41, 5.74) is 2.36. The predicted octanol–water partition coefficient (Wildman–Crippen LogP) is 3.20. The third-order valence-corrected chi connectivity index (χ3v) is 5.48. The molecule has 126 valence electrons. The first-order valence-electron chi connectivity index (χ1n) is 8.62. The second-order valence-corrected chi connectivity index (χ2v) is 7.84. The topological polar surface area (TPSA) is 33.1 Å². The fraction of sp³-hybridized carbons (Fsp3) is 0.611. The van der Waals surface area contributed by atoms with E-state index in [1.54, 1.807) is 0 Å².